The Hall–Kier alpha value is -2.76. The molecule has 0 N–H and O–H groups in total. The van der Waals surface area contributed by atoms with E-state index in [9.17, 15) is 0 Å². The van der Waals surface area contributed by atoms with Crippen LogP contribution in [0.2, 0.25) is 0 Å². The lowest BCUT2D eigenvalue weighted by molar-refractivity contribution is 0.293. The molecule has 0 unspecified atom stereocenters. The van der Waals surface area contributed by atoms with Crippen molar-refractivity contribution in [2.24, 2.45) is 4.99 Å². The predicted octanol–water partition coefficient (Wildman–Crippen LogP) is 5.73. The lowest BCUT2D eigenvalue weighted by atomic mass is 10.0. The second-order valence-corrected chi connectivity index (χ2v) is 8.12. The van der Waals surface area contributed by atoms with E-state index in [1.165, 1.54) is 22.0 Å². The van der Waals surface area contributed by atoms with Crippen LogP contribution in [0.4, 0.5) is 5.69 Å². The minimum atomic E-state index is 0.890. The van der Waals surface area contributed by atoms with Crippen molar-refractivity contribution in [1.29, 1.82) is 0 Å². The Morgan fingerprint density at radius 2 is 1.83 bits per heavy atom. The van der Waals surface area contributed by atoms with Crippen molar-refractivity contribution < 1.29 is 0 Å². The quantitative estimate of drug-likeness (QED) is 0.367. The van der Waals surface area contributed by atoms with Gasteiger partial charge in [0.15, 0.2) is 4.80 Å². The Bertz CT molecular complexity index is 1150. The number of rotatable bonds is 8. The van der Waals surface area contributed by atoms with Gasteiger partial charge in [-0.25, -0.2) is 4.99 Å². The van der Waals surface area contributed by atoms with E-state index in [0.717, 1.165) is 43.1 Å². The molecule has 0 amide bonds. The molecule has 4 nitrogen and oxygen atoms in total. The third kappa shape index (κ3) is 4.53. The maximum Gasteiger partial charge on any atom is 0.190 e. The molecule has 4 aromatic rings. The first-order chi connectivity index (χ1) is 14.8. The Morgan fingerprint density at radius 3 is 2.63 bits per heavy atom. The van der Waals surface area contributed by atoms with Gasteiger partial charge in [0, 0.05) is 23.7 Å². The third-order valence-corrected chi connectivity index (χ3v) is 6.35. The first-order valence-corrected chi connectivity index (χ1v) is 11.5. The highest BCUT2D eigenvalue weighted by atomic mass is 32.1. The van der Waals surface area contributed by atoms with Crippen molar-refractivity contribution in [2.45, 2.75) is 26.8 Å². The Morgan fingerprint density at radius 1 is 1.00 bits per heavy atom. The van der Waals surface area contributed by atoms with Gasteiger partial charge in [-0.1, -0.05) is 56.3 Å². The van der Waals surface area contributed by atoms with E-state index >= 15 is 0 Å². The summed E-state index contributed by atoms with van der Waals surface area (Å²) >= 11 is 1.70. The summed E-state index contributed by atoms with van der Waals surface area (Å²) in [4.78, 5) is 12.6. The second kappa shape index (κ2) is 9.83. The highest BCUT2D eigenvalue weighted by Gasteiger charge is 2.11. The summed E-state index contributed by atoms with van der Waals surface area (Å²) in [6, 6.07) is 19.1. The molecule has 2 aromatic heterocycles. The lowest BCUT2D eigenvalue weighted by Crippen LogP contribution is -2.26. The van der Waals surface area contributed by atoms with Crippen molar-refractivity contribution in [3.8, 4) is 11.3 Å². The largest absolute Gasteiger partial charge is 0.316 e. The molecule has 0 saturated carbocycles. The van der Waals surface area contributed by atoms with Crippen LogP contribution in [-0.4, -0.2) is 34.1 Å². The van der Waals surface area contributed by atoms with Crippen LogP contribution in [0.3, 0.4) is 0 Å². The normalized spacial score (nSPS) is 12.2. The zero-order valence-electron chi connectivity index (χ0n) is 17.7. The lowest BCUT2D eigenvalue weighted by Gasteiger charge is -2.18. The fourth-order valence-electron chi connectivity index (χ4n) is 3.82. The van der Waals surface area contributed by atoms with E-state index in [0.29, 0.717) is 0 Å². The maximum absolute atomic E-state index is 4.91. The number of aromatic nitrogens is 2. The van der Waals surface area contributed by atoms with E-state index in [1.54, 1.807) is 17.5 Å². The van der Waals surface area contributed by atoms with E-state index in [4.69, 9.17) is 4.99 Å². The number of nitrogens with zero attached hydrogens (tertiary/aromatic N) is 4. The van der Waals surface area contributed by atoms with Gasteiger partial charge in [0.2, 0.25) is 0 Å². The molecular weight excluding hydrogens is 388 g/mol. The van der Waals surface area contributed by atoms with E-state index < -0.39 is 0 Å². The molecule has 0 aliphatic heterocycles. The number of hydrogen-bond donors (Lipinski definition) is 0. The zero-order valence-corrected chi connectivity index (χ0v) is 18.5. The highest BCUT2D eigenvalue weighted by molar-refractivity contribution is 7.07. The monoisotopic (exact) mass is 416 g/mol. The summed E-state index contributed by atoms with van der Waals surface area (Å²) in [6.07, 6.45) is 4.70. The van der Waals surface area contributed by atoms with Gasteiger partial charge in [0.1, 0.15) is 0 Å². The molecule has 2 aromatic carbocycles. The molecule has 0 aliphatic rings. The Kier molecular flexibility index (Phi) is 6.72. The van der Waals surface area contributed by atoms with Crippen molar-refractivity contribution >= 4 is 27.8 Å². The molecule has 4 rings (SSSR count). The minimum Gasteiger partial charge on any atom is -0.316 e. The van der Waals surface area contributed by atoms with Gasteiger partial charge in [-0.15, -0.1) is 11.3 Å². The van der Waals surface area contributed by atoms with E-state index in [2.05, 4.69) is 76.1 Å². The van der Waals surface area contributed by atoms with Gasteiger partial charge in [-0.05, 0) is 49.0 Å². The third-order valence-electron chi connectivity index (χ3n) is 5.48. The number of benzene rings is 2. The van der Waals surface area contributed by atoms with Crippen LogP contribution in [0.1, 0.15) is 20.3 Å². The van der Waals surface area contributed by atoms with Gasteiger partial charge in [-0.3, -0.25) is 4.98 Å². The summed E-state index contributed by atoms with van der Waals surface area (Å²) in [5.41, 5.74) is 3.39. The van der Waals surface area contributed by atoms with Crippen LogP contribution >= 0.6 is 11.3 Å². The highest BCUT2D eigenvalue weighted by Crippen LogP contribution is 2.29. The van der Waals surface area contributed by atoms with Crippen molar-refractivity contribution in [3.05, 3.63) is 77.2 Å². The van der Waals surface area contributed by atoms with Crippen LogP contribution in [-0.2, 0) is 6.54 Å². The molecular formula is C25H28N4S. The Balaban J connectivity index is 1.77. The van der Waals surface area contributed by atoms with Gasteiger partial charge in [0.05, 0.1) is 17.6 Å². The molecule has 0 saturated heterocycles. The predicted molar refractivity (Wildman–Crippen MR) is 127 cm³/mol. The van der Waals surface area contributed by atoms with Crippen molar-refractivity contribution in [1.82, 2.24) is 14.5 Å². The SMILES string of the molecule is CCN(CC)CCCn1c(-c2cccc3ccccc23)csc1=Nc1cccnc1. The molecule has 2 heterocycles. The number of hydrogen-bond acceptors (Lipinski definition) is 4. The smallest absolute Gasteiger partial charge is 0.190 e. The molecule has 0 fully saturated rings. The first-order valence-electron chi connectivity index (χ1n) is 10.6. The molecule has 154 valence electrons. The van der Waals surface area contributed by atoms with Crippen LogP contribution in [0, 0.1) is 0 Å². The van der Waals surface area contributed by atoms with Crippen molar-refractivity contribution in [3.63, 3.8) is 0 Å². The first kappa shape index (κ1) is 20.5. The Labute approximate surface area is 182 Å². The standard InChI is InChI=1S/C25H28N4S/c1-3-28(4-2)16-9-17-29-24(19-30-25(29)27-21-12-8-15-26-18-21)23-14-7-11-20-10-5-6-13-22(20)23/h5-8,10-15,18-19H,3-4,9,16-17H2,1-2H3. The van der Waals surface area contributed by atoms with E-state index in [1.807, 2.05) is 18.3 Å². The number of pyridine rings is 1. The molecule has 0 aliphatic carbocycles. The van der Waals surface area contributed by atoms with Gasteiger partial charge in [-0.2, -0.15) is 0 Å². The van der Waals surface area contributed by atoms with Crippen LogP contribution in [0.5, 0.6) is 0 Å². The van der Waals surface area contributed by atoms with Crippen LogP contribution < -0.4 is 4.80 Å². The van der Waals surface area contributed by atoms with Gasteiger partial charge >= 0.3 is 0 Å². The fraction of sp³-hybridized carbons (Fsp3) is 0.280. The fourth-order valence-corrected chi connectivity index (χ4v) is 4.77. The summed E-state index contributed by atoms with van der Waals surface area (Å²) in [5.74, 6) is 0. The minimum absolute atomic E-state index is 0.890. The van der Waals surface area contributed by atoms with Gasteiger partial charge in [0.25, 0.3) is 0 Å². The number of fused-ring (bicyclic) bond motifs is 1. The topological polar surface area (TPSA) is 33.4 Å². The zero-order chi connectivity index (χ0) is 20.8. The van der Waals surface area contributed by atoms with Crippen LogP contribution in [0.15, 0.2) is 77.4 Å². The molecule has 30 heavy (non-hydrogen) atoms. The molecule has 5 heteroatoms. The molecule has 0 atom stereocenters. The van der Waals surface area contributed by atoms with Gasteiger partial charge < -0.3 is 9.47 Å². The maximum atomic E-state index is 4.91. The average molecular weight is 417 g/mol. The average Bonchev–Trinajstić information content (AvgIpc) is 3.19. The summed E-state index contributed by atoms with van der Waals surface area (Å²) in [6.45, 7) is 8.68. The second-order valence-electron chi connectivity index (χ2n) is 7.29. The van der Waals surface area contributed by atoms with E-state index in [-0.39, 0.29) is 0 Å². The van der Waals surface area contributed by atoms with Crippen molar-refractivity contribution in [2.75, 3.05) is 19.6 Å². The summed E-state index contributed by atoms with van der Waals surface area (Å²) in [5, 5.41) is 4.79. The number of thiazole rings is 1. The van der Waals surface area contributed by atoms with Crippen LogP contribution in [0.25, 0.3) is 22.0 Å². The summed E-state index contributed by atoms with van der Waals surface area (Å²) < 4.78 is 2.38. The molecule has 0 radical (unpaired) electrons. The summed E-state index contributed by atoms with van der Waals surface area (Å²) in [7, 11) is 0. The molecule has 0 spiro atoms. The molecule has 0 bridgehead atoms.